The SMILES string of the molecule is Cc1cc(C)c(NC(=O)C2CCCN2CCOC(=O)c2cccc([N+](=O)[O-])c2)c(C)c1.Cl. The quantitative estimate of drug-likeness (QED) is 0.376. The molecule has 2 aromatic rings. The Kier molecular flexibility index (Phi) is 8.74. The monoisotopic (exact) mass is 461 g/mol. The average molecular weight is 462 g/mol. The van der Waals surface area contributed by atoms with Crippen molar-refractivity contribution in [2.75, 3.05) is 25.0 Å². The molecule has 0 aromatic heterocycles. The van der Waals surface area contributed by atoms with E-state index in [4.69, 9.17) is 4.74 Å². The third-order valence-corrected chi connectivity index (χ3v) is 5.50. The van der Waals surface area contributed by atoms with Crippen LogP contribution in [0, 0.1) is 30.9 Å². The third-order valence-electron chi connectivity index (χ3n) is 5.50. The van der Waals surface area contributed by atoms with Crippen LogP contribution in [0.4, 0.5) is 11.4 Å². The number of aryl methyl sites for hydroxylation is 3. The van der Waals surface area contributed by atoms with E-state index in [9.17, 15) is 19.7 Å². The summed E-state index contributed by atoms with van der Waals surface area (Å²) in [6, 6.07) is 9.25. The second-order valence-electron chi connectivity index (χ2n) is 7.90. The highest BCUT2D eigenvalue weighted by Gasteiger charge is 2.31. The molecule has 1 N–H and O–H groups in total. The van der Waals surface area contributed by atoms with Crippen LogP contribution in [-0.2, 0) is 9.53 Å². The molecule has 32 heavy (non-hydrogen) atoms. The topological polar surface area (TPSA) is 102 Å². The van der Waals surface area contributed by atoms with Gasteiger partial charge in [-0.05, 0) is 57.4 Å². The van der Waals surface area contributed by atoms with Crippen LogP contribution >= 0.6 is 12.4 Å². The van der Waals surface area contributed by atoms with E-state index in [0.717, 1.165) is 41.8 Å². The molecular weight excluding hydrogens is 434 g/mol. The molecule has 0 bridgehead atoms. The van der Waals surface area contributed by atoms with Gasteiger partial charge in [0.2, 0.25) is 5.91 Å². The number of carbonyl (C=O) groups excluding carboxylic acids is 2. The Labute approximate surface area is 193 Å². The molecule has 0 aliphatic carbocycles. The minimum Gasteiger partial charge on any atom is -0.461 e. The molecule has 1 aliphatic heterocycles. The molecule has 172 valence electrons. The molecule has 2 aromatic carbocycles. The van der Waals surface area contributed by atoms with E-state index >= 15 is 0 Å². The molecule has 8 nitrogen and oxygen atoms in total. The summed E-state index contributed by atoms with van der Waals surface area (Å²) in [7, 11) is 0. The Morgan fingerprint density at radius 3 is 2.53 bits per heavy atom. The number of hydrogen-bond donors (Lipinski definition) is 1. The summed E-state index contributed by atoms with van der Waals surface area (Å²) >= 11 is 0. The van der Waals surface area contributed by atoms with Crippen molar-refractivity contribution in [3.63, 3.8) is 0 Å². The summed E-state index contributed by atoms with van der Waals surface area (Å²) in [6.07, 6.45) is 1.64. The second-order valence-corrected chi connectivity index (χ2v) is 7.90. The van der Waals surface area contributed by atoms with Gasteiger partial charge in [-0.15, -0.1) is 12.4 Å². The summed E-state index contributed by atoms with van der Waals surface area (Å²) < 4.78 is 5.29. The number of esters is 1. The average Bonchev–Trinajstić information content (AvgIpc) is 3.19. The van der Waals surface area contributed by atoms with Gasteiger partial charge in [-0.3, -0.25) is 19.8 Å². The van der Waals surface area contributed by atoms with E-state index in [0.29, 0.717) is 6.54 Å². The third kappa shape index (κ3) is 6.05. The number of hydrogen-bond acceptors (Lipinski definition) is 6. The molecule has 1 amide bonds. The predicted octanol–water partition coefficient (Wildman–Crippen LogP) is 4.20. The maximum Gasteiger partial charge on any atom is 0.338 e. The van der Waals surface area contributed by atoms with Crippen molar-refractivity contribution in [1.29, 1.82) is 0 Å². The fourth-order valence-corrected chi connectivity index (χ4v) is 4.06. The highest BCUT2D eigenvalue weighted by Crippen LogP contribution is 2.24. The molecule has 1 aliphatic rings. The largest absolute Gasteiger partial charge is 0.461 e. The maximum atomic E-state index is 12.9. The van der Waals surface area contributed by atoms with Gasteiger partial charge in [0.05, 0.1) is 16.5 Å². The van der Waals surface area contributed by atoms with Gasteiger partial charge in [0, 0.05) is 24.4 Å². The fraction of sp³-hybridized carbons (Fsp3) is 0.391. The van der Waals surface area contributed by atoms with Gasteiger partial charge in [0.15, 0.2) is 0 Å². The van der Waals surface area contributed by atoms with Crippen LogP contribution in [0.1, 0.15) is 39.9 Å². The molecule has 1 saturated heterocycles. The number of nitrogens with zero attached hydrogens (tertiary/aromatic N) is 2. The molecule has 1 heterocycles. The van der Waals surface area contributed by atoms with Crippen LogP contribution < -0.4 is 5.32 Å². The number of benzene rings is 2. The molecule has 0 saturated carbocycles. The number of ether oxygens (including phenoxy) is 1. The van der Waals surface area contributed by atoms with Crippen LogP contribution in [0.5, 0.6) is 0 Å². The lowest BCUT2D eigenvalue weighted by Gasteiger charge is -2.24. The van der Waals surface area contributed by atoms with E-state index in [1.54, 1.807) is 0 Å². The number of amides is 1. The van der Waals surface area contributed by atoms with E-state index in [2.05, 4.69) is 5.32 Å². The summed E-state index contributed by atoms with van der Waals surface area (Å²) in [6.45, 7) is 7.26. The zero-order valence-electron chi connectivity index (χ0n) is 18.4. The minimum atomic E-state index is -0.616. The molecule has 1 unspecified atom stereocenters. The Hall–Kier alpha value is -2.97. The number of halogens is 1. The standard InChI is InChI=1S/C23H27N3O5.ClH/c1-15-12-16(2)21(17(3)13-15)24-22(27)20-8-5-9-25(20)10-11-31-23(28)18-6-4-7-19(14-18)26(29)30;/h4,6-7,12-14,20H,5,8-11H2,1-3H3,(H,24,27);1H. The van der Waals surface area contributed by atoms with Crippen molar-refractivity contribution in [2.24, 2.45) is 0 Å². The van der Waals surface area contributed by atoms with Crippen LogP contribution in [0.25, 0.3) is 0 Å². The molecule has 0 spiro atoms. The van der Waals surface area contributed by atoms with E-state index in [-0.39, 0.29) is 42.2 Å². The smallest absolute Gasteiger partial charge is 0.338 e. The molecular formula is C23H28ClN3O5. The Morgan fingerprint density at radius 2 is 1.88 bits per heavy atom. The number of non-ortho nitro benzene ring substituents is 1. The lowest BCUT2D eigenvalue weighted by Crippen LogP contribution is -2.41. The van der Waals surface area contributed by atoms with Gasteiger partial charge < -0.3 is 10.1 Å². The summed E-state index contributed by atoms with van der Waals surface area (Å²) in [4.78, 5) is 37.4. The first-order chi connectivity index (χ1) is 14.8. The first kappa shape index (κ1) is 25.3. The van der Waals surface area contributed by atoms with Gasteiger partial charge in [-0.1, -0.05) is 23.8 Å². The van der Waals surface area contributed by atoms with Gasteiger partial charge in [0.25, 0.3) is 5.69 Å². The summed E-state index contributed by atoms with van der Waals surface area (Å²) in [5, 5.41) is 13.9. The summed E-state index contributed by atoms with van der Waals surface area (Å²) in [5.74, 6) is -0.674. The minimum absolute atomic E-state index is 0. The molecule has 3 rings (SSSR count). The van der Waals surface area contributed by atoms with Crippen molar-refractivity contribution >= 4 is 35.7 Å². The number of carbonyl (C=O) groups is 2. The van der Waals surface area contributed by atoms with E-state index < -0.39 is 10.9 Å². The van der Waals surface area contributed by atoms with Crippen LogP contribution in [0.15, 0.2) is 36.4 Å². The maximum absolute atomic E-state index is 12.9. The Balaban J connectivity index is 0.00000363. The van der Waals surface area contributed by atoms with Crippen molar-refractivity contribution in [3.8, 4) is 0 Å². The van der Waals surface area contributed by atoms with Gasteiger partial charge >= 0.3 is 5.97 Å². The Morgan fingerprint density at radius 1 is 1.19 bits per heavy atom. The molecule has 0 radical (unpaired) electrons. The number of nitrogens with one attached hydrogen (secondary N) is 1. The number of nitro benzene ring substituents is 1. The van der Waals surface area contributed by atoms with Crippen molar-refractivity contribution in [1.82, 2.24) is 4.90 Å². The van der Waals surface area contributed by atoms with E-state index in [1.807, 2.05) is 37.8 Å². The zero-order valence-corrected chi connectivity index (χ0v) is 19.2. The Bertz CT molecular complexity index is 988. The number of anilines is 1. The van der Waals surface area contributed by atoms with Crippen LogP contribution in [0.3, 0.4) is 0 Å². The predicted molar refractivity (Wildman–Crippen MR) is 125 cm³/mol. The number of nitro groups is 1. The fourth-order valence-electron chi connectivity index (χ4n) is 4.06. The van der Waals surface area contributed by atoms with Crippen molar-refractivity contribution in [3.05, 3.63) is 68.8 Å². The van der Waals surface area contributed by atoms with Gasteiger partial charge in [-0.2, -0.15) is 0 Å². The molecule has 9 heteroatoms. The first-order valence-electron chi connectivity index (χ1n) is 10.3. The van der Waals surface area contributed by atoms with Crippen LogP contribution in [-0.4, -0.2) is 47.4 Å². The lowest BCUT2D eigenvalue weighted by atomic mass is 10.0. The molecule has 1 atom stereocenters. The highest BCUT2D eigenvalue weighted by atomic mass is 35.5. The zero-order chi connectivity index (χ0) is 22.5. The van der Waals surface area contributed by atoms with Gasteiger partial charge in [0.1, 0.15) is 6.61 Å². The van der Waals surface area contributed by atoms with Crippen molar-refractivity contribution < 1.29 is 19.2 Å². The van der Waals surface area contributed by atoms with Crippen LogP contribution in [0.2, 0.25) is 0 Å². The highest BCUT2D eigenvalue weighted by molar-refractivity contribution is 5.96. The van der Waals surface area contributed by atoms with Crippen molar-refractivity contribution in [2.45, 2.75) is 39.7 Å². The lowest BCUT2D eigenvalue weighted by molar-refractivity contribution is -0.384. The number of likely N-dealkylation sites (tertiary alicyclic amines) is 1. The first-order valence-corrected chi connectivity index (χ1v) is 10.3. The molecule has 1 fully saturated rings. The summed E-state index contributed by atoms with van der Waals surface area (Å²) in [5.41, 5.74) is 4.03. The number of rotatable bonds is 7. The van der Waals surface area contributed by atoms with Gasteiger partial charge in [-0.25, -0.2) is 4.79 Å². The normalized spacial score (nSPS) is 15.7. The second kappa shape index (κ2) is 11.1. The van der Waals surface area contributed by atoms with E-state index in [1.165, 1.54) is 24.3 Å².